The summed E-state index contributed by atoms with van der Waals surface area (Å²) in [6.45, 7) is 4.15. The monoisotopic (exact) mass is 369 g/mol. The van der Waals surface area contributed by atoms with Crippen molar-refractivity contribution in [1.29, 1.82) is 0 Å². The van der Waals surface area contributed by atoms with Crippen LogP contribution in [-0.4, -0.2) is 38.4 Å². The highest BCUT2D eigenvalue weighted by molar-refractivity contribution is 6.02. The Bertz CT molecular complexity index is 876. The van der Waals surface area contributed by atoms with Gasteiger partial charge in [0.25, 0.3) is 5.91 Å². The van der Waals surface area contributed by atoms with Crippen LogP contribution < -0.4 is 11.1 Å². The fourth-order valence-electron chi connectivity index (χ4n) is 3.28. The molecule has 2 heterocycles. The molecule has 0 radical (unpaired) electrons. The van der Waals surface area contributed by atoms with Gasteiger partial charge in [-0.15, -0.1) is 0 Å². The smallest absolute Gasteiger partial charge is 0.258 e. The van der Waals surface area contributed by atoms with Gasteiger partial charge in [0.2, 0.25) is 11.8 Å². The van der Waals surface area contributed by atoms with E-state index in [0.717, 1.165) is 17.7 Å². The Morgan fingerprint density at radius 3 is 2.81 bits per heavy atom. The lowest BCUT2D eigenvalue weighted by atomic mass is 9.96. The quantitative estimate of drug-likeness (QED) is 0.829. The summed E-state index contributed by atoms with van der Waals surface area (Å²) in [4.78, 5) is 38.8. The number of carbonyl (C=O) groups is 3. The second-order valence-corrected chi connectivity index (χ2v) is 6.80. The lowest BCUT2D eigenvalue weighted by Gasteiger charge is -2.32. The average Bonchev–Trinajstić information content (AvgIpc) is 3.03. The van der Waals surface area contributed by atoms with Crippen LogP contribution in [0.3, 0.4) is 0 Å². The minimum atomic E-state index is -0.602. The van der Waals surface area contributed by atoms with Crippen LogP contribution in [0.25, 0.3) is 0 Å². The summed E-state index contributed by atoms with van der Waals surface area (Å²) in [5, 5.41) is 6.96. The number of carbonyl (C=O) groups excluding carboxylic acids is 3. The predicted octanol–water partition coefficient (Wildman–Crippen LogP) is 1.38. The van der Waals surface area contributed by atoms with Gasteiger partial charge in [-0.2, -0.15) is 5.10 Å². The molecule has 142 valence electrons. The molecule has 3 amide bonds. The van der Waals surface area contributed by atoms with Crippen LogP contribution in [0.5, 0.6) is 0 Å². The zero-order valence-corrected chi connectivity index (χ0v) is 15.4. The predicted molar refractivity (Wildman–Crippen MR) is 99.6 cm³/mol. The Morgan fingerprint density at radius 2 is 2.11 bits per heavy atom. The zero-order valence-electron chi connectivity index (χ0n) is 15.4. The molecule has 3 rings (SSSR count). The molecule has 1 aromatic heterocycles. The molecule has 2 aromatic rings. The van der Waals surface area contributed by atoms with Crippen molar-refractivity contribution in [2.75, 3.05) is 5.32 Å². The van der Waals surface area contributed by atoms with E-state index in [0.29, 0.717) is 12.1 Å². The standard InChI is InChI=1S/C19H23N5O3/c1-3-12(2)17-18(26)22-15-7-5-4-6-13(15)10-24(17)19(27)14-8-21-23(9-14)11-16(20)25/h4-9,12,17H,3,10-11H2,1-2H3,(H2,20,25)(H,22,26)/t12-,17-/m0/s1. The number of amides is 3. The first kappa shape index (κ1) is 18.6. The first-order valence-electron chi connectivity index (χ1n) is 8.91. The number of primary amides is 1. The minimum absolute atomic E-state index is 0.0241. The van der Waals surface area contributed by atoms with E-state index in [9.17, 15) is 14.4 Å². The zero-order chi connectivity index (χ0) is 19.6. The topological polar surface area (TPSA) is 110 Å². The Labute approximate surface area is 157 Å². The number of rotatable bonds is 5. The summed E-state index contributed by atoms with van der Waals surface area (Å²) in [5.74, 6) is -1.07. The number of aromatic nitrogens is 2. The maximum Gasteiger partial charge on any atom is 0.258 e. The normalized spacial score (nSPS) is 17.6. The van der Waals surface area contributed by atoms with Crippen LogP contribution in [0.2, 0.25) is 0 Å². The number of para-hydroxylation sites is 1. The number of fused-ring (bicyclic) bond motifs is 1. The third kappa shape index (κ3) is 3.84. The molecule has 0 bridgehead atoms. The number of hydrogen-bond acceptors (Lipinski definition) is 4. The van der Waals surface area contributed by atoms with E-state index in [-0.39, 0.29) is 24.3 Å². The Hall–Kier alpha value is -3.16. The fraction of sp³-hybridized carbons (Fsp3) is 0.368. The van der Waals surface area contributed by atoms with E-state index < -0.39 is 11.9 Å². The van der Waals surface area contributed by atoms with E-state index in [2.05, 4.69) is 10.4 Å². The van der Waals surface area contributed by atoms with Crippen LogP contribution >= 0.6 is 0 Å². The molecule has 0 aliphatic carbocycles. The maximum absolute atomic E-state index is 13.2. The lowest BCUT2D eigenvalue weighted by Crippen LogP contribution is -2.48. The van der Waals surface area contributed by atoms with Crippen LogP contribution in [0.1, 0.15) is 36.2 Å². The summed E-state index contributed by atoms with van der Waals surface area (Å²) >= 11 is 0. The molecule has 1 aromatic carbocycles. The van der Waals surface area contributed by atoms with Gasteiger partial charge in [-0.3, -0.25) is 19.1 Å². The first-order chi connectivity index (χ1) is 12.9. The first-order valence-corrected chi connectivity index (χ1v) is 8.91. The van der Waals surface area contributed by atoms with Crippen molar-refractivity contribution in [2.24, 2.45) is 11.7 Å². The van der Waals surface area contributed by atoms with Crippen molar-refractivity contribution in [1.82, 2.24) is 14.7 Å². The van der Waals surface area contributed by atoms with Crippen LogP contribution in [0.15, 0.2) is 36.7 Å². The highest BCUT2D eigenvalue weighted by Gasteiger charge is 2.37. The number of hydrogen-bond donors (Lipinski definition) is 2. The van der Waals surface area contributed by atoms with Gasteiger partial charge in [0.1, 0.15) is 12.6 Å². The van der Waals surface area contributed by atoms with E-state index in [1.165, 1.54) is 17.1 Å². The van der Waals surface area contributed by atoms with E-state index in [1.807, 2.05) is 38.1 Å². The third-order valence-corrected chi connectivity index (χ3v) is 4.86. The summed E-state index contributed by atoms with van der Waals surface area (Å²) < 4.78 is 1.32. The molecule has 1 aliphatic heterocycles. The molecule has 0 fully saturated rings. The van der Waals surface area contributed by atoms with Crippen molar-refractivity contribution in [2.45, 2.75) is 39.4 Å². The van der Waals surface area contributed by atoms with Gasteiger partial charge in [0.05, 0.1) is 11.8 Å². The largest absolute Gasteiger partial charge is 0.368 e. The van der Waals surface area contributed by atoms with Gasteiger partial charge >= 0.3 is 0 Å². The van der Waals surface area contributed by atoms with E-state index >= 15 is 0 Å². The van der Waals surface area contributed by atoms with Crippen molar-refractivity contribution in [3.63, 3.8) is 0 Å². The number of nitrogens with one attached hydrogen (secondary N) is 1. The Balaban J connectivity index is 1.97. The lowest BCUT2D eigenvalue weighted by molar-refractivity contribution is -0.122. The van der Waals surface area contributed by atoms with E-state index in [1.54, 1.807) is 4.90 Å². The Kier molecular flexibility index (Phi) is 5.25. The fourth-order valence-corrected chi connectivity index (χ4v) is 3.28. The molecule has 0 unspecified atom stereocenters. The summed E-state index contributed by atoms with van der Waals surface area (Å²) in [5.41, 5.74) is 7.08. The SMILES string of the molecule is CC[C@H](C)[C@H]1C(=O)Nc2ccccc2CN1C(=O)c1cnn(CC(N)=O)c1. The highest BCUT2D eigenvalue weighted by Crippen LogP contribution is 2.28. The van der Waals surface area contributed by atoms with Gasteiger partial charge in [-0.25, -0.2) is 0 Å². The summed E-state index contributed by atoms with van der Waals surface area (Å²) in [6.07, 6.45) is 3.63. The number of nitrogens with zero attached hydrogens (tertiary/aromatic N) is 3. The molecular weight excluding hydrogens is 346 g/mol. The molecule has 0 spiro atoms. The van der Waals surface area contributed by atoms with Gasteiger partial charge < -0.3 is 16.0 Å². The molecule has 8 nitrogen and oxygen atoms in total. The number of anilines is 1. The van der Waals surface area contributed by atoms with Crippen LogP contribution in [-0.2, 0) is 22.7 Å². The van der Waals surface area contributed by atoms with Crippen molar-refractivity contribution in [3.05, 3.63) is 47.8 Å². The Morgan fingerprint density at radius 1 is 1.37 bits per heavy atom. The van der Waals surface area contributed by atoms with E-state index in [4.69, 9.17) is 5.73 Å². The second kappa shape index (κ2) is 7.61. The number of nitrogens with two attached hydrogens (primary N) is 1. The van der Waals surface area contributed by atoms with Crippen LogP contribution in [0, 0.1) is 5.92 Å². The molecule has 0 saturated carbocycles. The van der Waals surface area contributed by atoms with Gasteiger partial charge in [0, 0.05) is 18.4 Å². The van der Waals surface area contributed by atoms with Crippen LogP contribution in [0.4, 0.5) is 5.69 Å². The molecule has 2 atom stereocenters. The molecule has 8 heteroatoms. The van der Waals surface area contributed by atoms with Gasteiger partial charge in [-0.1, -0.05) is 38.5 Å². The maximum atomic E-state index is 13.2. The third-order valence-electron chi connectivity index (χ3n) is 4.86. The number of benzene rings is 1. The highest BCUT2D eigenvalue weighted by atomic mass is 16.2. The second-order valence-electron chi connectivity index (χ2n) is 6.80. The van der Waals surface area contributed by atoms with Gasteiger partial charge in [0.15, 0.2) is 0 Å². The summed E-state index contributed by atoms with van der Waals surface area (Å²) in [7, 11) is 0. The molecule has 1 aliphatic rings. The van der Waals surface area contributed by atoms with Crippen molar-refractivity contribution in [3.8, 4) is 0 Å². The summed E-state index contributed by atoms with van der Waals surface area (Å²) in [6, 6.07) is 6.85. The molecular formula is C19H23N5O3. The van der Waals surface area contributed by atoms with Crippen molar-refractivity contribution >= 4 is 23.4 Å². The molecule has 27 heavy (non-hydrogen) atoms. The molecule has 0 saturated heterocycles. The molecule has 3 N–H and O–H groups in total. The average molecular weight is 369 g/mol. The minimum Gasteiger partial charge on any atom is -0.368 e. The van der Waals surface area contributed by atoms with Crippen molar-refractivity contribution < 1.29 is 14.4 Å². The van der Waals surface area contributed by atoms with Gasteiger partial charge in [-0.05, 0) is 17.5 Å².